The van der Waals surface area contributed by atoms with Gasteiger partial charge in [0, 0.05) is 9.52 Å². The summed E-state index contributed by atoms with van der Waals surface area (Å²) in [6, 6.07) is 61.9. The summed E-state index contributed by atoms with van der Waals surface area (Å²) in [5, 5.41) is 5.28. The van der Waals surface area contributed by atoms with E-state index in [2.05, 4.69) is 211 Å². The van der Waals surface area contributed by atoms with E-state index >= 15 is 0 Å². The van der Waals surface area contributed by atoms with Crippen LogP contribution in [-0.4, -0.2) is 9.52 Å². The normalized spacial score (nSPS) is 11.6. The Balaban J connectivity index is 0.000000188. The molecule has 0 bridgehead atoms. The third-order valence-electron chi connectivity index (χ3n) is 10.5. The second-order valence-corrected chi connectivity index (χ2v) is 19.0. The van der Waals surface area contributed by atoms with Gasteiger partial charge in [0.1, 0.15) is 0 Å². The van der Waals surface area contributed by atoms with Gasteiger partial charge < -0.3 is 0 Å². The van der Waals surface area contributed by atoms with Crippen molar-refractivity contribution in [2.75, 3.05) is 0 Å². The molecule has 0 saturated heterocycles. The second kappa shape index (κ2) is 22.2. The van der Waals surface area contributed by atoms with Crippen LogP contribution in [-0.2, 0) is 20.8 Å². The van der Waals surface area contributed by atoms with Gasteiger partial charge in [0.05, 0.1) is 0 Å². The van der Waals surface area contributed by atoms with Crippen molar-refractivity contribution in [1.82, 2.24) is 0 Å². The van der Waals surface area contributed by atoms with Crippen molar-refractivity contribution in [3.05, 3.63) is 181 Å². The number of fused-ring (bicyclic) bond motifs is 2. The summed E-state index contributed by atoms with van der Waals surface area (Å²) in [5.41, 5.74) is 13.2. The quantitative estimate of drug-likeness (QED) is 0.105. The molecule has 0 heterocycles. The molecule has 0 aliphatic heterocycles. The molecule has 282 valence electrons. The Morgan fingerprint density at radius 2 is 0.821 bits per heavy atom. The van der Waals surface area contributed by atoms with Gasteiger partial charge in [0.2, 0.25) is 0 Å². The summed E-state index contributed by atoms with van der Waals surface area (Å²) >= 11 is -0.826. The standard InChI is InChI=1S/2C25H23.C2H6Si.2ClH.Zr/c2*1-3-18(2)19-12-14-21(15-13-19)24-11-7-10-22-16-23(17-25(22)24)20-8-5-4-6-9-20;1-3-2;;;/h2*4-18H,3H2,1-2H3;1-2H3;2*1H;/q2*-1;;;;+4/p-2. The van der Waals surface area contributed by atoms with Crippen LogP contribution in [0.4, 0.5) is 0 Å². The number of halogens is 2. The van der Waals surface area contributed by atoms with E-state index < -0.39 is 20.8 Å². The maximum atomic E-state index is 4.93. The zero-order chi connectivity index (χ0) is 39.9. The Hall–Kier alpha value is -3.78. The fourth-order valence-corrected chi connectivity index (χ4v) is 7.02. The Labute approximate surface area is 357 Å². The second-order valence-electron chi connectivity index (χ2n) is 14.3. The first kappa shape index (κ1) is 43.3. The first-order chi connectivity index (χ1) is 27.3. The number of rotatable bonds is 8. The molecule has 0 aromatic heterocycles. The van der Waals surface area contributed by atoms with Crippen LogP contribution in [0.15, 0.2) is 170 Å². The predicted molar refractivity (Wildman–Crippen MR) is 247 cm³/mol. The number of benzene rings is 6. The van der Waals surface area contributed by atoms with Crippen LogP contribution in [0.2, 0.25) is 13.1 Å². The Bertz CT molecular complexity index is 2170. The van der Waals surface area contributed by atoms with Gasteiger partial charge in [0.15, 0.2) is 0 Å². The van der Waals surface area contributed by atoms with Crippen molar-refractivity contribution in [2.24, 2.45) is 0 Å². The van der Waals surface area contributed by atoms with Gasteiger partial charge in [-0.05, 0) is 46.9 Å². The first-order valence-corrected chi connectivity index (χ1v) is 27.9. The fourth-order valence-electron chi connectivity index (χ4n) is 7.02. The molecule has 8 rings (SSSR count). The van der Waals surface area contributed by atoms with Gasteiger partial charge >= 0.3 is 37.9 Å². The molecule has 2 atom stereocenters. The van der Waals surface area contributed by atoms with Crippen LogP contribution >= 0.6 is 17.0 Å². The predicted octanol–water partition coefficient (Wildman–Crippen LogP) is 17.0. The molecule has 0 aliphatic rings. The van der Waals surface area contributed by atoms with Crippen molar-refractivity contribution in [2.45, 2.75) is 65.5 Å². The molecule has 0 N–H and O–H groups in total. The first-order valence-electron chi connectivity index (χ1n) is 19.6. The Morgan fingerprint density at radius 3 is 1.14 bits per heavy atom. The van der Waals surface area contributed by atoms with E-state index in [1.165, 1.54) is 90.0 Å². The molecule has 8 aromatic rings. The van der Waals surface area contributed by atoms with E-state index in [4.69, 9.17) is 17.0 Å². The topological polar surface area (TPSA) is 0 Å². The molecule has 0 aliphatic carbocycles. The van der Waals surface area contributed by atoms with Crippen LogP contribution in [0.3, 0.4) is 0 Å². The van der Waals surface area contributed by atoms with Gasteiger partial charge in [-0.1, -0.05) is 197 Å². The van der Waals surface area contributed by atoms with E-state index in [0.29, 0.717) is 11.8 Å². The fraction of sp³-hybridized carbons (Fsp3) is 0.192. The number of hydrogen-bond donors (Lipinski definition) is 0. The Kier molecular flexibility index (Phi) is 17.2. The zero-order valence-corrected chi connectivity index (χ0v) is 38.5. The minimum absolute atomic E-state index is 0.619. The molecule has 2 radical (unpaired) electrons. The minimum atomic E-state index is -0.826. The number of hydrogen-bond acceptors (Lipinski definition) is 0. The molecular weight excluding hydrogens is 815 g/mol. The monoisotopic (exact) mass is 864 g/mol. The average molecular weight is 867 g/mol. The van der Waals surface area contributed by atoms with Crippen molar-refractivity contribution in [1.29, 1.82) is 0 Å². The average Bonchev–Trinajstić information content (AvgIpc) is 3.90. The van der Waals surface area contributed by atoms with Gasteiger partial charge in [0.25, 0.3) is 0 Å². The van der Waals surface area contributed by atoms with Crippen LogP contribution in [0.1, 0.15) is 63.5 Å². The van der Waals surface area contributed by atoms with E-state index in [9.17, 15) is 0 Å². The third kappa shape index (κ3) is 11.2. The summed E-state index contributed by atoms with van der Waals surface area (Å²) in [6.07, 6.45) is 2.36. The van der Waals surface area contributed by atoms with Gasteiger partial charge in [-0.25, -0.2) is 0 Å². The Morgan fingerprint density at radius 1 is 0.482 bits per heavy atom. The third-order valence-corrected chi connectivity index (χ3v) is 10.5. The molecule has 0 nitrogen and oxygen atoms in total. The summed E-state index contributed by atoms with van der Waals surface area (Å²) in [7, 11) is 11.0. The SMILES string of the molecule is CCC(C)c1ccc(-c2cccc3[cH-]c(-c4ccccc4)cc23)cc1.CCC(C)c1ccc(-c2cccc3[cH-]c(-c4ccccc4)cc23)cc1.C[Si]C.[Cl][Zr+2][Cl]. The molecule has 2 unspecified atom stereocenters. The van der Waals surface area contributed by atoms with Crippen LogP contribution in [0.5, 0.6) is 0 Å². The van der Waals surface area contributed by atoms with Crippen molar-refractivity contribution >= 4 is 48.1 Å². The summed E-state index contributed by atoms with van der Waals surface area (Å²) in [4.78, 5) is 0. The van der Waals surface area contributed by atoms with Gasteiger partial charge in [-0.2, -0.15) is 0 Å². The molecule has 8 aromatic carbocycles. The molecule has 4 heteroatoms. The van der Waals surface area contributed by atoms with E-state index in [1.807, 2.05) is 0 Å². The summed E-state index contributed by atoms with van der Waals surface area (Å²) in [5.74, 6) is 1.24. The van der Waals surface area contributed by atoms with Crippen molar-refractivity contribution < 1.29 is 20.8 Å². The van der Waals surface area contributed by atoms with E-state index in [1.54, 1.807) is 0 Å². The summed E-state index contributed by atoms with van der Waals surface area (Å²) < 4.78 is 0. The molecular formula is C52H52Cl2SiZr. The zero-order valence-electron chi connectivity index (χ0n) is 33.5. The van der Waals surface area contributed by atoms with Crippen LogP contribution < -0.4 is 0 Å². The van der Waals surface area contributed by atoms with Crippen LogP contribution in [0.25, 0.3) is 66.1 Å². The van der Waals surface area contributed by atoms with Gasteiger partial charge in [-0.3, -0.25) is 0 Å². The van der Waals surface area contributed by atoms with Gasteiger partial charge in [-0.15, -0.1) is 69.1 Å². The van der Waals surface area contributed by atoms with E-state index in [-0.39, 0.29) is 0 Å². The van der Waals surface area contributed by atoms with Crippen LogP contribution in [0, 0.1) is 0 Å². The maximum absolute atomic E-state index is 4.93. The molecule has 0 amide bonds. The molecule has 56 heavy (non-hydrogen) atoms. The molecule has 0 spiro atoms. The van der Waals surface area contributed by atoms with E-state index in [0.717, 1.165) is 9.52 Å². The van der Waals surface area contributed by atoms with Crippen molar-refractivity contribution in [3.8, 4) is 44.5 Å². The molecule has 0 saturated carbocycles. The van der Waals surface area contributed by atoms with Crippen molar-refractivity contribution in [3.63, 3.8) is 0 Å². The summed E-state index contributed by atoms with van der Waals surface area (Å²) in [6.45, 7) is 13.4. The molecule has 0 fully saturated rings.